The normalized spacial score (nSPS) is 10.4. The maximum absolute atomic E-state index is 13.9. The first kappa shape index (κ1) is 12.7. The lowest BCUT2D eigenvalue weighted by atomic mass is 10.1. The van der Waals surface area contributed by atoms with E-state index in [2.05, 4.69) is 4.98 Å². The van der Waals surface area contributed by atoms with E-state index in [0.29, 0.717) is 17.8 Å². The molecule has 0 N–H and O–H groups in total. The van der Waals surface area contributed by atoms with Crippen LogP contribution in [0, 0.1) is 5.82 Å². The van der Waals surface area contributed by atoms with Crippen molar-refractivity contribution in [1.82, 2.24) is 4.98 Å². The van der Waals surface area contributed by atoms with Gasteiger partial charge in [0.05, 0.1) is 23.4 Å². The second-order valence-corrected chi connectivity index (χ2v) is 4.75. The van der Waals surface area contributed by atoms with Gasteiger partial charge >= 0.3 is 0 Å². The molecule has 0 spiro atoms. The number of Topliss-reactive ketones (excluding diaryl/α,β-unsaturated/α-hetero) is 1. The number of carbonyl (C=O) groups excluding carboxylic acids is 1. The highest BCUT2D eigenvalue weighted by Crippen LogP contribution is 2.25. The highest BCUT2D eigenvalue weighted by atomic mass is 32.1. The lowest BCUT2D eigenvalue weighted by Crippen LogP contribution is -2.20. The van der Waals surface area contributed by atoms with Crippen molar-refractivity contribution in [3.8, 4) is 0 Å². The van der Waals surface area contributed by atoms with E-state index in [9.17, 15) is 9.18 Å². The van der Waals surface area contributed by atoms with Gasteiger partial charge in [0.2, 0.25) is 0 Å². The zero-order chi connectivity index (χ0) is 13.1. The average Bonchev–Trinajstić information content (AvgIpc) is 2.81. The van der Waals surface area contributed by atoms with Crippen LogP contribution < -0.4 is 4.90 Å². The van der Waals surface area contributed by atoms with Crippen molar-refractivity contribution in [2.75, 3.05) is 11.9 Å². The maximum atomic E-state index is 13.9. The summed E-state index contributed by atoms with van der Waals surface area (Å²) in [5, 5.41) is 1.91. The van der Waals surface area contributed by atoms with Crippen molar-refractivity contribution in [3.05, 3.63) is 46.2 Å². The van der Waals surface area contributed by atoms with Crippen LogP contribution in [-0.2, 0) is 6.54 Å². The van der Waals surface area contributed by atoms with E-state index in [-0.39, 0.29) is 11.6 Å². The summed E-state index contributed by atoms with van der Waals surface area (Å²) in [7, 11) is 1.75. The molecule has 0 fully saturated rings. The fourth-order valence-electron chi connectivity index (χ4n) is 1.83. The van der Waals surface area contributed by atoms with Gasteiger partial charge in [-0.15, -0.1) is 11.3 Å². The predicted octanol–water partition coefficient (Wildman–Crippen LogP) is 3.12. The molecule has 0 aliphatic rings. The Morgan fingerprint density at radius 3 is 2.89 bits per heavy atom. The number of ketones is 1. The van der Waals surface area contributed by atoms with Crippen molar-refractivity contribution >= 4 is 22.8 Å². The molecule has 0 amide bonds. The van der Waals surface area contributed by atoms with Crippen LogP contribution in [-0.4, -0.2) is 17.8 Å². The van der Waals surface area contributed by atoms with Gasteiger partial charge in [-0.2, -0.15) is 0 Å². The molecule has 2 rings (SSSR count). The van der Waals surface area contributed by atoms with Gasteiger partial charge in [-0.05, 0) is 19.1 Å². The van der Waals surface area contributed by atoms with E-state index in [1.54, 1.807) is 29.6 Å². The Morgan fingerprint density at radius 2 is 2.28 bits per heavy atom. The minimum atomic E-state index is -0.388. The first-order valence-electron chi connectivity index (χ1n) is 5.47. The summed E-state index contributed by atoms with van der Waals surface area (Å²) in [6.45, 7) is 1.92. The summed E-state index contributed by atoms with van der Waals surface area (Å²) >= 11 is 1.49. The monoisotopic (exact) mass is 264 g/mol. The smallest absolute Gasteiger partial charge is 0.161 e. The molecule has 94 valence electrons. The standard InChI is InChI=1S/C13H13FN2OS/c1-9(17)11-4-3-5-12(14)13(11)16(2)6-10-7-18-8-15-10/h3-5,7-8H,6H2,1-2H3. The summed E-state index contributed by atoms with van der Waals surface area (Å²) < 4.78 is 13.9. The van der Waals surface area contributed by atoms with Crippen molar-refractivity contribution in [3.63, 3.8) is 0 Å². The van der Waals surface area contributed by atoms with Crippen LogP contribution in [0.2, 0.25) is 0 Å². The summed E-state index contributed by atoms with van der Waals surface area (Å²) in [5.74, 6) is -0.532. The fourth-order valence-corrected chi connectivity index (χ4v) is 2.37. The summed E-state index contributed by atoms with van der Waals surface area (Å²) in [6, 6.07) is 4.55. The molecule has 1 aromatic heterocycles. The Hall–Kier alpha value is -1.75. The largest absolute Gasteiger partial charge is 0.366 e. The Morgan fingerprint density at radius 1 is 1.50 bits per heavy atom. The number of anilines is 1. The predicted molar refractivity (Wildman–Crippen MR) is 70.6 cm³/mol. The Labute approximate surface area is 109 Å². The molecule has 1 aromatic carbocycles. The van der Waals surface area contributed by atoms with E-state index in [1.165, 1.54) is 24.3 Å². The number of carbonyl (C=O) groups is 1. The van der Waals surface area contributed by atoms with E-state index in [0.717, 1.165) is 5.69 Å². The van der Waals surface area contributed by atoms with Crippen LogP contribution >= 0.6 is 11.3 Å². The van der Waals surface area contributed by atoms with E-state index in [1.807, 2.05) is 5.38 Å². The zero-order valence-corrected chi connectivity index (χ0v) is 11.0. The molecule has 0 saturated heterocycles. The second-order valence-electron chi connectivity index (χ2n) is 4.03. The Kier molecular flexibility index (Phi) is 3.72. The molecule has 2 aromatic rings. The molecule has 0 aliphatic carbocycles. The van der Waals surface area contributed by atoms with E-state index < -0.39 is 0 Å². The van der Waals surface area contributed by atoms with Crippen LogP contribution in [0.3, 0.4) is 0 Å². The topological polar surface area (TPSA) is 33.2 Å². The molecule has 0 unspecified atom stereocenters. The number of aromatic nitrogens is 1. The molecule has 0 saturated carbocycles. The van der Waals surface area contributed by atoms with Gasteiger partial charge in [-0.25, -0.2) is 9.37 Å². The van der Waals surface area contributed by atoms with Crippen molar-refractivity contribution < 1.29 is 9.18 Å². The molecule has 3 nitrogen and oxygen atoms in total. The quantitative estimate of drug-likeness (QED) is 0.795. The molecule has 0 radical (unpaired) electrons. The minimum absolute atomic E-state index is 0.144. The van der Waals surface area contributed by atoms with Gasteiger partial charge in [-0.1, -0.05) is 6.07 Å². The zero-order valence-electron chi connectivity index (χ0n) is 10.2. The molecular weight excluding hydrogens is 251 g/mol. The van der Waals surface area contributed by atoms with Gasteiger partial charge in [0.25, 0.3) is 0 Å². The fraction of sp³-hybridized carbons (Fsp3) is 0.231. The number of hydrogen-bond donors (Lipinski definition) is 0. The second kappa shape index (κ2) is 5.27. The van der Waals surface area contributed by atoms with E-state index >= 15 is 0 Å². The lowest BCUT2D eigenvalue weighted by molar-refractivity contribution is 0.101. The van der Waals surface area contributed by atoms with Gasteiger partial charge in [0.15, 0.2) is 5.78 Å². The van der Waals surface area contributed by atoms with Crippen LogP contribution in [0.4, 0.5) is 10.1 Å². The summed E-state index contributed by atoms with van der Waals surface area (Å²) in [4.78, 5) is 17.4. The third-order valence-corrected chi connectivity index (χ3v) is 3.27. The Bertz CT molecular complexity index is 554. The van der Waals surface area contributed by atoms with Crippen LogP contribution in [0.25, 0.3) is 0 Å². The Balaban J connectivity index is 2.34. The number of rotatable bonds is 4. The molecule has 0 atom stereocenters. The van der Waals surface area contributed by atoms with Gasteiger partial charge in [-0.3, -0.25) is 4.79 Å². The molecule has 1 heterocycles. The van der Waals surface area contributed by atoms with Crippen LogP contribution in [0.5, 0.6) is 0 Å². The number of para-hydroxylation sites is 1. The maximum Gasteiger partial charge on any atom is 0.161 e. The molecule has 0 aliphatic heterocycles. The summed E-state index contributed by atoms with van der Waals surface area (Å²) in [6.07, 6.45) is 0. The van der Waals surface area contributed by atoms with Gasteiger partial charge < -0.3 is 4.90 Å². The minimum Gasteiger partial charge on any atom is -0.366 e. The van der Waals surface area contributed by atoms with Gasteiger partial charge in [0, 0.05) is 18.0 Å². The molecule has 18 heavy (non-hydrogen) atoms. The lowest BCUT2D eigenvalue weighted by Gasteiger charge is -2.21. The van der Waals surface area contributed by atoms with Crippen molar-refractivity contribution in [2.24, 2.45) is 0 Å². The number of hydrogen-bond acceptors (Lipinski definition) is 4. The number of benzene rings is 1. The van der Waals surface area contributed by atoms with Crippen LogP contribution in [0.1, 0.15) is 23.0 Å². The third kappa shape index (κ3) is 2.56. The number of nitrogens with zero attached hydrogens (tertiary/aromatic N) is 2. The van der Waals surface area contributed by atoms with Crippen molar-refractivity contribution in [2.45, 2.75) is 13.5 Å². The average molecular weight is 264 g/mol. The number of halogens is 1. The van der Waals surface area contributed by atoms with Crippen molar-refractivity contribution in [1.29, 1.82) is 0 Å². The first-order chi connectivity index (χ1) is 8.59. The first-order valence-corrected chi connectivity index (χ1v) is 6.41. The highest BCUT2D eigenvalue weighted by Gasteiger charge is 2.16. The molecule has 5 heteroatoms. The van der Waals surface area contributed by atoms with Gasteiger partial charge in [0.1, 0.15) is 5.82 Å². The number of thiazole rings is 1. The SMILES string of the molecule is CC(=O)c1cccc(F)c1N(C)Cc1cscn1. The van der Waals surface area contributed by atoms with E-state index in [4.69, 9.17) is 0 Å². The highest BCUT2D eigenvalue weighted by molar-refractivity contribution is 7.07. The third-order valence-electron chi connectivity index (χ3n) is 2.63. The molecule has 0 bridgehead atoms. The molecular formula is C13H13FN2OS. The summed E-state index contributed by atoms with van der Waals surface area (Å²) in [5.41, 5.74) is 3.32. The van der Waals surface area contributed by atoms with Crippen LogP contribution in [0.15, 0.2) is 29.1 Å².